The first-order chi connectivity index (χ1) is 9.28. The summed E-state index contributed by atoms with van der Waals surface area (Å²) >= 11 is 0. The molecule has 0 fully saturated rings. The molecule has 0 saturated carbocycles. The first kappa shape index (κ1) is 13.4. The minimum atomic E-state index is -0.356. The van der Waals surface area contributed by atoms with E-state index in [0.29, 0.717) is 0 Å². The molecule has 0 radical (unpaired) electrons. The normalized spacial score (nSPS) is 21.0. The maximum absolute atomic E-state index is 10.4. The summed E-state index contributed by atoms with van der Waals surface area (Å²) in [4.78, 5) is 0. The molecule has 1 unspecified atom stereocenters. The second-order valence-corrected chi connectivity index (χ2v) is 6.86. The molecule has 0 spiro atoms. The minimum absolute atomic E-state index is 0.130. The lowest BCUT2D eigenvalue weighted by atomic mass is 9.75. The van der Waals surface area contributed by atoms with Gasteiger partial charge in [0.2, 0.25) is 0 Å². The molecule has 0 aliphatic heterocycles. The zero-order chi connectivity index (χ0) is 14.7. The van der Waals surface area contributed by atoms with E-state index in [1.54, 1.807) is 0 Å². The van der Waals surface area contributed by atoms with Gasteiger partial charge in [0, 0.05) is 30.2 Å². The predicted octanol–water partition coefficient (Wildman–Crippen LogP) is 2.83. The molecule has 0 bridgehead atoms. The standard InChI is InChI=1S/C16H23N3O/c1-10-6-12-13(7-16(3,4)8-15(12)20)19(10)14-9-18(5)17-11(14)2/h6,9,15,20H,7-8H2,1-5H3. The molecule has 2 aromatic heterocycles. The Kier molecular flexibility index (Phi) is 2.83. The lowest BCUT2D eigenvalue weighted by molar-refractivity contribution is 0.0987. The molecule has 1 aliphatic rings. The molecule has 2 aromatic rings. The molecule has 1 atom stereocenters. The number of hydrogen-bond donors (Lipinski definition) is 1. The summed E-state index contributed by atoms with van der Waals surface area (Å²) in [6, 6.07) is 2.13. The van der Waals surface area contributed by atoms with Crippen LogP contribution in [0.4, 0.5) is 0 Å². The van der Waals surface area contributed by atoms with Crippen LogP contribution in [0.1, 0.15) is 49.0 Å². The van der Waals surface area contributed by atoms with Gasteiger partial charge in [0.15, 0.2) is 0 Å². The highest BCUT2D eigenvalue weighted by atomic mass is 16.3. The van der Waals surface area contributed by atoms with Crippen LogP contribution >= 0.6 is 0 Å². The fourth-order valence-corrected chi connectivity index (χ4v) is 3.49. The molecule has 0 saturated heterocycles. The van der Waals surface area contributed by atoms with Crippen molar-refractivity contribution < 1.29 is 5.11 Å². The van der Waals surface area contributed by atoms with Gasteiger partial charge in [-0.1, -0.05) is 13.8 Å². The van der Waals surface area contributed by atoms with Gasteiger partial charge in [0.1, 0.15) is 0 Å². The van der Waals surface area contributed by atoms with Crippen LogP contribution in [-0.2, 0) is 13.5 Å². The van der Waals surface area contributed by atoms with Crippen molar-refractivity contribution in [3.05, 3.63) is 34.9 Å². The van der Waals surface area contributed by atoms with Crippen molar-refractivity contribution >= 4 is 0 Å². The fraction of sp³-hybridized carbons (Fsp3) is 0.562. The van der Waals surface area contributed by atoms with Crippen LogP contribution in [0.15, 0.2) is 12.3 Å². The van der Waals surface area contributed by atoms with Crippen molar-refractivity contribution in [3.8, 4) is 5.69 Å². The average molecular weight is 273 g/mol. The molecule has 0 aromatic carbocycles. The third kappa shape index (κ3) is 1.99. The third-order valence-corrected chi connectivity index (χ3v) is 4.30. The largest absolute Gasteiger partial charge is 0.388 e. The van der Waals surface area contributed by atoms with E-state index in [-0.39, 0.29) is 11.5 Å². The van der Waals surface area contributed by atoms with Gasteiger partial charge in [-0.25, -0.2) is 0 Å². The zero-order valence-corrected chi connectivity index (χ0v) is 12.9. The number of aliphatic hydroxyl groups is 1. The Bertz CT molecular complexity index is 664. The van der Waals surface area contributed by atoms with E-state index in [2.05, 4.69) is 42.7 Å². The number of aliphatic hydroxyl groups excluding tert-OH is 1. The summed E-state index contributed by atoms with van der Waals surface area (Å²) in [6.45, 7) is 8.58. The molecule has 2 heterocycles. The van der Waals surface area contributed by atoms with Crippen molar-refractivity contribution in [1.82, 2.24) is 14.3 Å². The van der Waals surface area contributed by atoms with Crippen LogP contribution in [0.5, 0.6) is 0 Å². The molecular formula is C16H23N3O. The van der Waals surface area contributed by atoms with E-state index in [1.165, 1.54) is 11.4 Å². The van der Waals surface area contributed by atoms with Gasteiger partial charge in [-0.15, -0.1) is 0 Å². The Morgan fingerprint density at radius 3 is 2.65 bits per heavy atom. The summed E-state index contributed by atoms with van der Waals surface area (Å²) < 4.78 is 4.11. The molecule has 1 aliphatic carbocycles. The van der Waals surface area contributed by atoms with Gasteiger partial charge in [-0.05, 0) is 38.2 Å². The van der Waals surface area contributed by atoms with Gasteiger partial charge >= 0.3 is 0 Å². The Balaban J connectivity index is 2.21. The highest BCUT2D eigenvalue weighted by molar-refractivity contribution is 5.45. The minimum Gasteiger partial charge on any atom is -0.388 e. The van der Waals surface area contributed by atoms with E-state index >= 15 is 0 Å². The van der Waals surface area contributed by atoms with E-state index in [4.69, 9.17) is 0 Å². The Morgan fingerprint density at radius 2 is 2.05 bits per heavy atom. The van der Waals surface area contributed by atoms with E-state index in [1.807, 2.05) is 18.7 Å². The number of nitrogens with zero attached hydrogens (tertiary/aromatic N) is 3. The highest BCUT2D eigenvalue weighted by Gasteiger charge is 2.34. The first-order valence-electron chi connectivity index (χ1n) is 7.18. The van der Waals surface area contributed by atoms with Gasteiger partial charge in [-0.3, -0.25) is 4.68 Å². The van der Waals surface area contributed by atoms with E-state index in [9.17, 15) is 5.11 Å². The zero-order valence-electron chi connectivity index (χ0n) is 12.9. The summed E-state index contributed by atoms with van der Waals surface area (Å²) in [5.41, 5.74) is 5.77. The quantitative estimate of drug-likeness (QED) is 0.868. The SMILES string of the molecule is Cc1nn(C)cc1-n1c(C)cc2c1CC(C)(C)CC2O. The van der Waals surface area contributed by atoms with Crippen LogP contribution in [-0.4, -0.2) is 19.5 Å². The van der Waals surface area contributed by atoms with Crippen molar-refractivity contribution in [3.63, 3.8) is 0 Å². The Hall–Kier alpha value is -1.55. The van der Waals surface area contributed by atoms with Crippen molar-refractivity contribution in [2.45, 2.75) is 46.6 Å². The highest BCUT2D eigenvalue weighted by Crippen LogP contribution is 2.42. The molecule has 1 N–H and O–H groups in total. The number of aromatic nitrogens is 3. The first-order valence-corrected chi connectivity index (χ1v) is 7.18. The van der Waals surface area contributed by atoms with Gasteiger partial charge in [0.25, 0.3) is 0 Å². The predicted molar refractivity (Wildman–Crippen MR) is 79.1 cm³/mol. The van der Waals surface area contributed by atoms with Gasteiger partial charge in [-0.2, -0.15) is 5.10 Å². The molecule has 20 heavy (non-hydrogen) atoms. The second-order valence-electron chi connectivity index (χ2n) is 6.86. The van der Waals surface area contributed by atoms with Crippen LogP contribution in [0.3, 0.4) is 0 Å². The molecular weight excluding hydrogens is 250 g/mol. The maximum Gasteiger partial charge on any atom is 0.0867 e. The second kappa shape index (κ2) is 4.22. The number of hydrogen-bond acceptors (Lipinski definition) is 2. The third-order valence-electron chi connectivity index (χ3n) is 4.30. The van der Waals surface area contributed by atoms with Crippen LogP contribution in [0, 0.1) is 19.3 Å². The van der Waals surface area contributed by atoms with Crippen molar-refractivity contribution in [1.29, 1.82) is 0 Å². The average Bonchev–Trinajstić information content (AvgIpc) is 2.77. The van der Waals surface area contributed by atoms with Crippen molar-refractivity contribution in [2.24, 2.45) is 12.5 Å². The molecule has 3 rings (SSSR count). The van der Waals surface area contributed by atoms with Crippen LogP contribution < -0.4 is 0 Å². The van der Waals surface area contributed by atoms with Crippen LogP contribution in [0.2, 0.25) is 0 Å². The lowest BCUT2D eigenvalue weighted by Crippen LogP contribution is -2.26. The Labute approximate surface area is 120 Å². The molecule has 4 nitrogen and oxygen atoms in total. The summed E-state index contributed by atoms with van der Waals surface area (Å²) in [5.74, 6) is 0. The summed E-state index contributed by atoms with van der Waals surface area (Å²) in [5, 5.41) is 14.9. The smallest absolute Gasteiger partial charge is 0.0867 e. The molecule has 4 heteroatoms. The Morgan fingerprint density at radius 1 is 1.35 bits per heavy atom. The number of fused-ring (bicyclic) bond motifs is 1. The fourth-order valence-electron chi connectivity index (χ4n) is 3.49. The molecule has 0 amide bonds. The maximum atomic E-state index is 10.4. The van der Waals surface area contributed by atoms with Gasteiger partial charge < -0.3 is 9.67 Å². The molecule has 108 valence electrons. The summed E-state index contributed by atoms with van der Waals surface area (Å²) in [7, 11) is 1.95. The number of rotatable bonds is 1. The topological polar surface area (TPSA) is 43.0 Å². The summed E-state index contributed by atoms with van der Waals surface area (Å²) in [6.07, 6.45) is 3.51. The lowest BCUT2D eigenvalue weighted by Gasteiger charge is -2.33. The monoisotopic (exact) mass is 273 g/mol. The number of aryl methyl sites for hydroxylation is 3. The van der Waals surface area contributed by atoms with Crippen LogP contribution in [0.25, 0.3) is 5.69 Å². The van der Waals surface area contributed by atoms with E-state index in [0.717, 1.165) is 29.8 Å². The van der Waals surface area contributed by atoms with Gasteiger partial charge in [0.05, 0.1) is 17.5 Å². The van der Waals surface area contributed by atoms with E-state index < -0.39 is 0 Å². The van der Waals surface area contributed by atoms with Crippen molar-refractivity contribution in [2.75, 3.05) is 0 Å².